The minimum Gasteiger partial charge on any atom is -0.259 e. The Morgan fingerprint density at radius 3 is 2.82 bits per heavy atom. The molecule has 0 aliphatic carbocycles. The number of aromatic nitrogens is 1. The van der Waals surface area contributed by atoms with Gasteiger partial charge in [0.05, 0.1) is 23.4 Å². The van der Waals surface area contributed by atoms with E-state index in [9.17, 15) is 13.2 Å². The van der Waals surface area contributed by atoms with E-state index >= 15 is 0 Å². The Morgan fingerprint density at radius 1 is 1.41 bits per heavy atom. The molecule has 6 heteroatoms. The smallest absolute Gasteiger partial charge is 0.240 e. The van der Waals surface area contributed by atoms with Crippen molar-refractivity contribution in [2.45, 2.75) is 18.8 Å². The van der Waals surface area contributed by atoms with E-state index in [1.165, 1.54) is 12.3 Å². The van der Waals surface area contributed by atoms with Gasteiger partial charge < -0.3 is 0 Å². The largest absolute Gasteiger partial charge is 0.259 e. The second-order valence-corrected chi connectivity index (χ2v) is 6.33. The number of rotatable bonds is 2. The van der Waals surface area contributed by atoms with Crippen molar-refractivity contribution in [3.05, 3.63) is 24.0 Å². The molecule has 0 radical (unpaired) electrons. The Hall–Kier alpha value is -1.52. The van der Waals surface area contributed by atoms with E-state index in [1.807, 2.05) is 0 Å². The summed E-state index contributed by atoms with van der Waals surface area (Å²) in [6.07, 6.45) is 4.41. The normalized spacial score (nSPS) is 22.7. The lowest BCUT2D eigenvalue weighted by atomic mass is 10.0. The van der Waals surface area contributed by atoms with Gasteiger partial charge in [-0.1, -0.05) is 0 Å². The molecule has 1 aromatic heterocycles. The second kappa shape index (κ2) is 4.77. The first kappa shape index (κ1) is 12.0. The molecular formula is C11H12N2O3S. The number of isocyanates is 1. The Morgan fingerprint density at radius 2 is 2.24 bits per heavy atom. The summed E-state index contributed by atoms with van der Waals surface area (Å²) < 4.78 is 23.0. The Balaban J connectivity index is 2.20. The fourth-order valence-corrected chi connectivity index (χ4v) is 3.74. The number of sulfone groups is 1. The van der Waals surface area contributed by atoms with Crippen LogP contribution in [0.5, 0.6) is 0 Å². The van der Waals surface area contributed by atoms with E-state index in [4.69, 9.17) is 0 Å². The zero-order valence-corrected chi connectivity index (χ0v) is 9.98. The molecule has 0 saturated carbocycles. The lowest BCUT2D eigenvalue weighted by Gasteiger charge is -2.21. The number of hydrogen-bond donors (Lipinski definition) is 0. The van der Waals surface area contributed by atoms with Crippen molar-refractivity contribution in [3.63, 3.8) is 0 Å². The molecule has 0 amide bonds. The second-order valence-electron chi connectivity index (χ2n) is 4.10. The molecule has 1 atom stereocenters. The van der Waals surface area contributed by atoms with E-state index in [1.54, 1.807) is 12.1 Å². The zero-order valence-electron chi connectivity index (χ0n) is 9.17. The van der Waals surface area contributed by atoms with Crippen molar-refractivity contribution in [1.82, 2.24) is 4.98 Å². The molecule has 1 aromatic rings. The van der Waals surface area contributed by atoms with Gasteiger partial charge in [-0.3, -0.25) is 4.98 Å². The van der Waals surface area contributed by atoms with Gasteiger partial charge in [-0.15, -0.1) is 0 Å². The van der Waals surface area contributed by atoms with Crippen LogP contribution in [-0.2, 0) is 14.6 Å². The molecule has 0 bridgehead atoms. The first-order valence-electron chi connectivity index (χ1n) is 5.35. The van der Waals surface area contributed by atoms with Crippen LogP contribution in [0, 0.1) is 0 Å². The number of hydrogen-bond acceptors (Lipinski definition) is 5. The molecule has 2 rings (SSSR count). The van der Waals surface area contributed by atoms with Crippen LogP contribution in [0.1, 0.15) is 24.5 Å². The maximum absolute atomic E-state index is 11.5. The third kappa shape index (κ3) is 2.99. The molecule has 0 aromatic carbocycles. The summed E-state index contributed by atoms with van der Waals surface area (Å²) in [6, 6.07) is 3.37. The van der Waals surface area contributed by atoms with E-state index in [-0.39, 0.29) is 17.4 Å². The molecule has 17 heavy (non-hydrogen) atoms. The van der Waals surface area contributed by atoms with Crippen LogP contribution in [-0.4, -0.2) is 31.0 Å². The van der Waals surface area contributed by atoms with Crippen molar-refractivity contribution < 1.29 is 13.2 Å². The highest BCUT2D eigenvalue weighted by Gasteiger charge is 2.26. The molecule has 0 N–H and O–H groups in total. The molecule has 5 nitrogen and oxygen atoms in total. The van der Waals surface area contributed by atoms with Crippen molar-refractivity contribution in [2.24, 2.45) is 4.99 Å². The van der Waals surface area contributed by atoms with Crippen molar-refractivity contribution >= 4 is 21.6 Å². The maximum Gasteiger partial charge on any atom is 0.240 e. The van der Waals surface area contributed by atoms with E-state index in [2.05, 4.69) is 9.98 Å². The van der Waals surface area contributed by atoms with E-state index in [0.29, 0.717) is 12.1 Å². The van der Waals surface area contributed by atoms with Crippen LogP contribution < -0.4 is 0 Å². The molecule has 0 spiro atoms. The Kier molecular flexibility index (Phi) is 3.36. The molecule has 1 unspecified atom stereocenters. The average molecular weight is 252 g/mol. The Bertz CT molecular complexity index is 545. The fourth-order valence-electron chi connectivity index (χ4n) is 2.01. The van der Waals surface area contributed by atoms with Gasteiger partial charge in [0, 0.05) is 11.6 Å². The molecule has 1 saturated heterocycles. The minimum absolute atomic E-state index is 0.0389. The van der Waals surface area contributed by atoms with Crippen LogP contribution in [0.25, 0.3) is 0 Å². The van der Waals surface area contributed by atoms with Gasteiger partial charge in [-0.2, -0.15) is 4.99 Å². The quantitative estimate of drug-likeness (QED) is 0.588. The molecular weight excluding hydrogens is 240 g/mol. The first-order chi connectivity index (χ1) is 8.11. The Labute approximate surface area is 99.5 Å². The van der Waals surface area contributed by atoms with Gasteiger partial charge in [-0.25, -0.2) is 13.2 Å². The average Bonchev–Trinajstić information content (AvgIpc) is 2.29. The van der Waals surface area contributed by atoms with Crippen LogP contribution >= 0.6 is 0 Å². The number of pyridine rings is 1. The first-order valence-corrected chi connectivity index (χ1v) is 7.17. The molecule has 1 aliphatic heterocycles. The van der Waals surface area contributed by atoms with Crippen LogP contribution in [0.3, 0.4) is 0 Å². The minimum atomic E-state index is -2.93. The van der Waals surface area contributed by atoms with Crippen LogP contribution in [0.15, 0.2) is 23.3 Å². The number of aliphatic imine (C=N–C) groups is 1. The lowest BCUT2D eigenvalue weighted by Crippen LogP contribution is -2.24. The van der Waals surface area contributed by atoms with Gasteiger partial charge in [0.15, 0.2) is 9.84 Å². The number of nitrogens with zero attached hydrogens (tertiary/aromatic N) is 2. The van der Waals surface area contributed by atoms with Crippen molar-refractivity contribution in [1.29, 1.82) is 0 Å². The van der Waals surface area contributed by atoms with Gasteiger partial charge in [0.2, 0.25) is 6.08 Å². The third-order valence-corrected chi connectivity index (χ3v) is 4.65. The third-order valence-electron chi connectivity index (χ3n) is 2.83. The highest BCUT2D eigenvalue weighted by molar-refractivity contribution is 7.91. The van der Waals surface area contributed by atoms with Gasteiger partial charge in [0.1, 0.15) is 0 Å². The summed E-state index contributed by atoms with van der Waals surface area (Å²) in [4.78, 5) is 17.6. The predicted octanol–water partition coefficient (Wildman–Crippen LogP) is 1.34. The van der Waals surface area contributed by atoms with Gasteiger partial charge >= 0.3 is 0 Å². The number of carbonyl (C=O) groups excluding carboxylic acids is 1. The topological polar surface area (TPSA) is 76.5 Å². The summed E-state index contributed by atoms with van der Waals surface area (Å²) in [5.41, 5.74) is 1.18. The molecule has 2 heterocycles. The van der Waals surface area contributed by atoms with Crippen molar-refractivity contribution in [2.75, 3.05) is 11.5 Å². The highest BCUT2D eigenvalue weighted by Crippen LogP contribution is 2.27. The summed E-state index contributed by atoms with van der Waals surface area (Å²) >= 11 is 0. The molecule has 1 aliphatic rings. The maximum atomic E-state index is 11.5. The molecule has 90 valence electrons. The summed E-state index contributed by atoms with van der Waals surface area (Å²) in [5.74, 6) is 0.399. The van der Waals surface area contributed by atoms with Crippen LogP contribution in [0.2, 0.25) is 0 Å². The summed E-state index contributed by atoms with van der Waals surface area (Å²) in [6.45, 7) is 0. The SMILES string of the molecule is O=C=Nc1ccc(C2CCCS(=O)(=O)C2)nc1. The standard InChI is InChI=1S/C11H12N2O3S/c14-8-13-10-3-4-11(12-6-10)9-2-1-5-17(15,16)7-9/h3-4,6,9H,1-2,5,7H2. The summed E-state index contributed by atoms with van der Waals surface area (Å²) in [7, 11) is -2.93. The predicted molar refractivity (Wildman–Crippen MR) is 62.6 cm³/mol. The van der Waals surface area contributed by atoms with Gasteiger partial charge in [0.25, 0.3) is 0 Å². The monoisotopic (exact) mass is 252 g/mol. The highest BCUT2D eigenvalue weighted by atomic mass is 32.2. The van der Waals surface area contributed by atoms with Crippen LogP contribution in [0.4, 0.5) is 5.69 Å². The summed E-state index contributed by atoms with van der Waals surface area (Å²) in [5, 5.41) is 0. The molecule has 1 fully saturated rings. The van der Waals surface area contributed by atoms with E-state index < -0.39 is 9.84 Å². The van der Waals surface area contributed by atoms with Crippen molar-refractivity contribution in [3.8, 4) is 0 Å². The van der Waals surface area contributed by atoms with E-state index in [0.717, 1.165) is 12.1 Å². The lowest BCUT2D eigenvalue weighted by molar-refractivity contribution is 0.549. The zero-order chi connectivity index (χ0) is 12.3. The van der Waals surface area contributed by atoms with Gasteiger partial charge in [-0.05, 0) is 25.0 Å². The fraction of sp³-hybridized carbons (Fsp3) is 0.455.